The largest absolute Gasteiger partial charge is 0.462 e. The number of rotatable bonds is 4. The molecule has 0 radical (unpaired) electrons. The molecule has 0 fully saturated rings. The van der Waals surface area contributed by atoms with Gasteiger partial charge in [-0.2, -0.15) is 0 Å². The van der Waals surface area contributed by atoms with E-state index >= 15 is 0 Å². The van der Waals surface area contributed by atoms with Crippen molar-refractivity contribution in [3.8, 4) is 5.75 Å². The second-order valence-electron chi connectivity index (χ2n) is 6.13. The summed E-state index contributed by atoms with van der Waals surface area (Å²) >= 11 is 1.03. The van der Waals surface area contributed by atoms with Crippen molar-refractivity contribution in [1.29, 1.82) is 0 Å². The molecule has 2 aromatic heterocycles. The van der Waals surface area contributed by atoms with Gasteiger partial charge in [0.2, 0.25) is 5.88 Å². The molecular weight excluding hydrogens is 400 g/mol. The van der Waals surface area contributed by atoms with Gasteiger partial charge < -0.3 is 19.6 Å². The first-order valence-corrected chi connectivity index (χ1v) is 9.43. The Hall–Kier alpha value is -3.66. The fourth-order valence-corrected chi connectivity index (χ4v) is 4.22. The zero-order valence-electron chi connectivity index (χ0n) is 15.0. The summed E-state index contributed by atoms with van der Waals surface area (Å²) in [5, 5.41) is 13.0. The van der Waals surface area contributed by atoms with Gasteiger partial charge in [-0.25, -0.2) is 9.59 Å². The maximum Gasteiger partial charge on any atom is 0.344 e. The highest BCUT2D eigenvalue weighted by atomic mass is 32.1. The number of carbonyl (C=O) groups is 1. The van der Waals surface area contributed by atoms with E-state index < -0.39 is 22.4 Å². The summed E-state index contributed by atoms with van der Waals surface area (Å²) in [4.78, 5) is 36.4. The van der Waals surface area contributed by atoms with E-state index in [0.29, 0.717) is 15.8 Å². The van der Waals surface area contributed by atoms with E-state index in [-0.39, 0.29) is 35.1 Å². The fraction of sp³-hybridized carbons (Fsp3) is 0.158. The summed E-state index contributed by atoms with van der Waals surface area (Å²) in [5.74, 6) is -1.86. The third kappa shape index (κ3) is 3.03. The van der Waals surface area contributed by atoms with Gasteiger partial charge >= 0.3 is 11.6 Å². The van der Waals surface area contributed by atoms with Gasteiger partial charge in [0.05, 0.1) is 33.8 Å². The Morgan fingerprint density at radius 3 is 2.83 bits per heavy atom. The first-order valence-electron chi connectivity index (χ1n) is 8.55. The molecule has 10 heteroatoms. The highest BCUT2D eigenvalue weighted by Gasteiger charge is 2.40. The Labute approximate surface area is 167 Å². The van der Waals surface area contributed by atoms with Crippen molar-refractivity contribution in [3.05, 3.63) is 78.1 Å². The Bertz CT molecular complexity index is 1240. The molecule has 3 heterocycles. The van der Waals surface area contributed by atoms with Crippen molar-refractivity contribution < 1.29 is 23.6 Å². The Kier molecular flexibility index (Phi) is 4.55. The second kappa shape index (κ2) is 7.06. The number of para-hydroxylation sites is 1. The quantitative estimate of drug-likeness (QED) is 0.298. The Morgan fingerprint density at radius 2 is 2.14 bits per heavy atom. The third-order valence-corrected chi connectivity index (χ3v) is 5.44. The van der Waals surface area contributed by atoms with E-state index in [4.69, 9.17) is 19.6 Å². The molecule has 1 unspecified atom stereocenters. The van der Waals surface area contributed by atoms with Crippen LogP contribution >= 0.6 is 11.3 Å². The Balaban J connectivity index is 2.02. The molecule has 2 N–H and O–H groups in total. The highest BCUT2D eigenvalue weighted by Crippen LogP contribution is 2.46. The van der Waals surface area contributed by atoms with Crippen LogP contribution in [0.4, 0.5) is 5.69 Å². The number of hydrogen-bond donors (Lipinski definition) is 1. The maximum atomic E-state index is 12.8. The average Bonchev–Trinajstić information content (AvgIpc) is 3.17. The van der Waals surface area contributed by atoms with Crippen LogP contribution in [0.25, 0.3) is 11.0 Å². The molecule has 0 spiro atoms. The number of nitro groups is 1. The molecule has 29 heavy (non-hydrogen) atoms. The molecule has 4 rings (SSSR count). The van der Waals surface area contributed by atoms with E-state index in [9.17, 15) is 19.7 Å². The minimum atomic E-state index is -1.02. The molecule has 0 saturated heterocycles. The lowest BCUT2D eigenvalue weighted by Gasteiger charge is -2.26. The molecule has 1 aliphatic heterocycles. The van der Waals surface area contributed by atoms with Gasteiger partial charge in [0, 0.05) is 10.9 Å². The molecule has 148 valence electrons. The third-order valence-electron chi connectivity index (χ3n) is 4.45. The standard InChI is InChI=1S/C19H14N2O7S/c1-2-26-18(22)15-13(12-7-9(8-29-12)21(24)25)14-16(28-17(15)20)10-5-3-4-6-11(10)27-19(14)23/h3-8,13H,2,20H2,1H3. The molecule has 0 aliphatic carbocycles. The van der Waals surface area contributed by atoms with Crippen LogP contribution in [0, 0.1) is 10.1 Å². The molecule has 1 aromatic carbocycles. The van der Waals surface area contributed by atoms with Gasteiger partial charge in [0.25, 0.3) is 5.69 Å². The lowest BCUT2D eigenvalue weighted by Crippen LogP contribution is -2.30. The number of carbonyl (C=O) groups excluding carboxylic acids is 1. The number of esters is 1. The number of ether oxygens (including phenoxy) is 2. The van der Waals surface area contributed by atoms with Crippen LogP contribution in [-0.2, 0) is 9.53 Å². The topological polar surface area (TPSA) is 135 Å². The lowest BCUT2D eigenvalue weighted by molar-refractivity contribution is -0.384. The van der Waals surface area contributed by atoms with Gasteiger partial charge in [-0.3, -0.25) is 10.1 Å². The van der Waals surface area contributed by atoms with Crippen LogP contribution in [0.1, 0.15) is 23.3 Å². The van der Waals surface area contributed by atoms with Crippen molar-refractivity contribution in [2.45, 2.75) is 12.8 Å². The monoisotopic (exact) mass is 414 g/mol. The minimum absolute atomic E-state index is 0.0395. The van der Waals surface area contributed by atoms with Crippen molar-refractivity contribution in [2.75, 3.05) is 6.61 Å². The van der Waals surface area contributed by atoms with Gasteiger partial charge in [0.1, 0.15) is 11.2 Å². The highest BCUT2D eigenvalue weighted by molar-refractivity contribution is 7.10. The number of hydrogen-bond acceptors (Lipinski definition) is 9. The first-order chi connectivity index (χ1) is 13.9. The predicted octanol–water partition coefficient (Wildman–Crippen LogP) is 3.02. The van der Waals surface area contributed by atoms with Crippen LogP contribution in [0.5, 0.6) is 5.75 Å². The molecule has 1 aliphatic rings. The molecule has 0 bridgehead atoms. The number of thiophene rings is 1. The van der Waals surface area contributed by atoms with Crippen LogP contribution in [0.2, 0.25) is 0 Å². The zero-order chi connectivity index (χ0) is 20.7. The molecular formula is C19H14N2O7S. The minimum Gasteiger partial charge on any atom is -0.462 e. The van der Waals surface area contributed by atoms with E-state index in [2.05, 4.69) is 0 Å². The molecule has 0 saturated carbocycles. The Morgan fingerprint density at radius 1 is 1.38 bits per heavy atom. The van der Waals surface area contributed by atoms with Crippen LogP contribution < -0.4 is 16.1 Å². The van der Waals surface area contributed by atoms with E-state index in [0.717, 1.165) is 11.3 Å². The first kappa shape index (κ1) is 18.7. The summed E-state index contributed by atoms with van der Waals surface area (Å²) in [6.45, 7) is 1.70. The number of fused-ring (bicyclic) bond motifs is 3. The molecule has 1 atom stereocenters. The van der Waals surface area contributed by atoms with Crippen LogP contribution in [0.3, 0.4) is 0 Å². The van der Waals surface area contributed by atoms with Gasteiger partial charge in [-0.05, 0) is 19.1 Å². The van der Waals surface area contributed by atoms with Crippen molar-refractivity contribution >= 4 is 34.0 Å². The van der Waals surface area contributed by atoms with E-state index in [1.165, 1.54) is 11.4 Å². The number of benzene rings is 1. The summed E-state index contributed by atoms with van der Waals surface area (Å²) in [5.41, 5.74) is 5.40. The van der Waals surface area contributed by atoms with Gasteiger partial charge in [0.15, 0.2) is 5.75 Å². The van der Waals surface area contributed by atoms with Crippen molar-refractivity contribution in [2.24, 2.45) is 5.73 Å². The zero-order valence-corrected chi connectivity index (χ0v) is 15.9. The maximum absolute atomic E-state index is 12.8. The lowest BCUT2D eigenvalue weighted by atomic mass is 9.87. The van der Waals surface area contributed by atoms with E-state index in [1.807, 2.05) is 0 Å². The smallest absolute Gasteiger partial charge is 0.344 e. The number of nitrogens with zero attached hydrogens (tertiary/aromatic N) is 1. The summed E-state index contributed by atoms with van der Waals surface area (Å²) in [6, 6.07) is 8.02. The SMILES string of the molecule is CCOC(=O)C1=C(N)Oc2c(c(=O)oc3ccccc23)C1c1cc([N+](=O)[O-])cs1. The normalized spacial score (nSPS) is 15.7. The van der Waals surface area contributed by atoms with Crippen LogP contribution in [-0.4, -0.2) is 17.5 Å². The van der Waals surface area contributed by atoms with Gasteiger partial charge in [-0.15, -0.1) is 11.3 Å². The summed E-state index contributed by atoms with van der Waals surface area (Å²) in [6.07, 6.45) is 0. The summed E-state index contributed by atoms with van der Waals surface area (Å²) < 4.78 is 16.2. The van der Waals surface area contributed by atoms with Crippen LogP contribution in [0.15, 0.2) is 56.4 Å². The molecule has 9 nitrogen and oxygen atoms in total. The number of nitrogens with two attached hydrogens (primary N) is 1. The molecule has 3 aromatic rings. The predicted molar refractivity (Wildman–Crippen MR) is 104 cm³/mol. The fourth-order valence-electron chi connectivity index (χ4n) is 3.25. The molecule has 0 amide bonds. The van der Waals surface area contributed by atoms with Gasteiger partial charge in [-0.1, -0.05) is 12.1 Å². The van der Waals surface area contributed by atoms with Crippen molar-refractivity contribution in [1.82, 2.24) is 0 Å². The van der Waals surface area contributed by atoms with E-state index in [1.54, 1.807) is 31.2 Å². The van der Waals surface area contributed by atoms with Crippen molar-refractivity contribution in [3.63, 3.8) is 0 Å². The average molecular weight is 414 g/mol. The summed E-state index contributed by atoms with van der Waals surface area (Å²) in [7, 11) is 0. The second-order valence-corrected chi connectivity index (χ2v) is 7.07.